The van der Waals surface area contributed by atoms with Crippen molar-refractivity contribution in [2.45, 2.75) is 59.5 Å². The molecule has 0 radical (unpaired) electrons. The molecule has 0 aliphatic carbocycles. The van der Waals surface area contributed by atoms with Gasteiger partial charge in [0.15, 0.2) is 0 Å². The van der Waals surface area contributed by atoms with Gasteiger partial charge in [-0.25, -0.2) is 4.79 Å². The van der Waals surface area contributed by atoms with Gasteiger partial charge in [0, 0.05) is 16.9 Å². The zero-order chi connectivity index (χ0) is 48.4. The number of methoxy groups -OCH3 is 1. The Hall–Kier alpha value is -8.38. The fourth-order valence-corrected chi connectivity index (χ4v) is 7.46. The van der Waals surface area contributed by atoms with Crippen LogP contribution in [0.15, 0.2) is 164 Å². The highest BCUT2D eigenvalue weighted by Gasteiger charge is 2.24. The van der Waals surface area contributed by atoms with Crippen LogP contribution in [0.5, 0.6) is 23.0 Å². The van der Waals surface area contributed by atoms with Crippen molar-refractivity contribution in [1.29, 1.82) is 0 Å². The number of hydrogen-bond donors (Lipinski definition) is 2. The number of aryl methyl sites for hydroxylation is 1. The summed E-state index contributed by atoms with van der Waals surface area (Å²) in [7, 11) is 1.24. The maximum atomic E-state index is 14.7. The van der Waals surface area contributed by atoms with Crippen LogP contribution in [0, 0.1) is 0 Å². The smallest absolute Gasteiger partial charge is 0.337 e. The summed E-state index contributed by atoms with van der Waals surface area (Å²) in [5, 5.41) is 5.84. The van der Waals surface area contributed by atoms with Crippen LogP contribution >= 0.6 is 0 Å². The third-order valence-corrected chi connectivity index (χ3v) is 10.7. The minimum absolute atomic E-state index is 0.0424. The van der Waals surface area contributed by atoms with E-state index in [0.29, 0.717) is 29.2 Å². The Morgan fingerprint density at radius 3 is 1.29 bits per heavy atom. The highest BCUT2D eigenvalue weighted by Crippen LogP contribution is 2.35. The van der Waals surface area contributed by atoms with E-state index in [0.717, 1.165) is 34.2 Å². The molecular weight excluding hydrogens is 873 g/mol. The van der Waals surface area contributed by atoms with E-state index in [-0.39, 0.29) is 73.3 Å². The van der Waals surface area contributed by atoms with Crippen molar-refractivity contribution in [2.24, 2.45) is 0 Å². The Bertz CT molecular complexity index is 2840. The first-order valence-corrected chi connectivity index (χ1v) is 22.7. The number of carbonyl (C=O) groups is 4. The van der Waals surface area contributed by atoms with E-state index in [2.05, 4.69) is 10.6 Å². The monoisotopic (exact) mass is 926 g/mol. The molecule has 2 N–H and O–H groups in total. The summed E-state index contributed by atoms with van der Waals surface area (Å²) in [4.78, 5) is 55.5. The second-order valence-corrected chi connectivity index (χ2v) is 15.9. The number of benzene rings is 7. The van der Waals surface area contributed by atoms with Crippen LogP contribution in [0.3, 0.4) is 0 Å². The van der Waals surface area contributed by atoms with Crippen molar-refractivity contribution in [3.8, 4) is 23.0 Å². The van der Waals surface area contributed by atoms with Crippen LogP contribution in [0.2, 0.25) is 0 Å². The fourth-order valence-electron chi connectivity index (χ4n) is 7.46. The number of esters is 2. The van der Waals surface area contributed by atoms with E-state index in [9.17, 15) is 19.2 Å². The van der Waals surface area contributed by atoms with Gasteiger partial charge in [-0.05, 0) is 83.6 Å². The summed E-state index contributed by atoms with van der Waals surface area (Å²) in [6, 6.07) is 49.4. The Morgan fingerprint density at radius 2 is 0.884 bits per heavy atom. The second-order valence-electron chi connectivity index (χ2n) is 15.9. The quantitative estimate of drug-likeness (QED) is 0.0630. The summed E-state index contributed by atoms with van der Waals surface area (Å²) >= 11 is 0. The number of ether oxygens (including phenoxy) is 6. The molecule has 0 aromatic heterocycles. The predicted octanol–water partition coefficient (Wildman–Crippen LogP) is 11.4. The van der Waals surface area contributed by atoms with E-state index in [1.165, 1.54) is 31.4 Å². The van der Waals surface area contributed by atoms with Gasteiger partial charge in [0.2, 0.25) is 0 Å². The van der Waals surface area contributed by atoms with Gasteiger partial charge < -0.3 is 39.1 Å². The van der Waals surface area contributed by atoms with Gasteiger partial charge in [0.05, 0.1) is 36.8 Å². The maximum Gasteiger partial charge on any atom is 0.337 e. The summed E-state index contributed by atoms with van der Waals surface area (Å²) in [5.41, 5.74) is 5.32. The molecule has 0 aliphatic heterocycles. The lowest BCUT2D eigenvalue weighted by Gasteiger charge is -2.19. The molecule has 352 valence electrons. The van der Waals surface area contributed by atoms with Crippen LogP contribution in [0.4, 0.5) is 11.4 Å². The number of rotatable bonds is 22. The molecule has 7 aromatic carbocycles. The maximum absolute atomic E-state index is 14.7. The Morgan fingerprint density at radius 1 is 0.478 bits per heavy atom. The summed E-state index contributed by atoms with van der Waals surface area (Å²) in [6.07, 6.45) is 1.14. The number of amides is 2. The number of anilines is 2. The van der Waals surface area contributed by atoms with Gasteiger partial charge in [-0.1, -0.05) is 135 Å². The Labute approximate surface area is 402 Å². The van der Waals surface area contributed by atoms with Crippen molar-refractivity contribution in [1.82, 2.24) is 0 Å². The zero-order valence-electron chi connectivity index (χ0n) is 38.8. The first-order chi connectivity index (χ1) is 33.7. The lowest BCUT2D eigenvalue weighted by molar-refractivity contribution is -0.142. The van der Waals surface area contributed by atoms with E-state index >= 15 is 0 Å². The van der Waals surface area contributed by atoms with Gasteiger partial charge in [-0.3, -0.25) is 14.4 Å². The molecule has 0 saturated carbocycles. The van der Waals surface area contributed by atoms with E-state index in [1.807, 2.05) is 134 Å². The molecule has 0 aliphatic rings. The van der Waals surface area contributed by atoms with Crippen molar-refractivity contribution < 1.29 is 47.6 Å². The molecule has 7 rings (SSSR count). The van der Waals surface area contributed by atoms with Crippen LogP contribution in [-0.2, 0) is 53.5 Å². The second kappa shape index (κ2) is 24.4. The Kier molecular flexibility index (Phi) is 17.2. The molecular formula is C57H54N2O10. The average Bonchev–Trinajstić information content (AvgIpc) is 3.37. The predicted molar refractivity (Wildman–Crippen MR) is 264 cm³/mol. The van der Waals surface area contributed by atoms with Crippen LogP contribution < -0.4 is 29.6 Å². The minimum atomic E-state index is -0.713. The summed E-state index contributed by atoms with van der Waals surface area (Å²) < 4.78 is 35.7. The van der Waals surface area contributed by atoms with E-state index < -0.39 is 23.8 Å². The normalized spacial score (nSPS) is 10.7. The highest BCUT2D eigenvalue weighted by atomic mass is 16.5. The molecule has 69 heavy (non-hydrogen) atoms. The fraction of sp³-hybridized carbons (Fsp3) is 0.193. The molecule has 12 nitrogen and oxygen atoms in total. The van der Waals surface area contributed by atoms with Crippen LogP contribution in [-0.4, -0.2) is 37.5 Å². The van der Waals surface area contributed by atoms with Crippen molar-refractivity contribution in [3.63, 3.8) is 0 Å². The van der Waals surface area contributed by atoms with Gasteiger partial charge in [0.25, 0.3) is 11.8 Å². The molecule has 12 heteroatoms. The molecule has 7 aromatic rings. The molecule has 0 atom stereocenters. The molecule has 0 heterocycles. The van der Waals surface area contributed by atoms with Crippen LogP contribution in [0.1, 0.15) is 84.7 Å². The molecule has 2 amide bonds. The number of hydrogen-bond acceptors (Lipinski definition) is 10. The Balaban J connectivity index is 1.24. The number of carbonyl (C=O) groups excluding carboxylic acids is 4. The van der Waals surface area contributed by atoms with Gasteiger partial charge in [0.1, 0.15) is 49.4 Å². The van der Waals surface area contributed by atoms with E-state index in [4.69, 9.17) is 28.4 Å². The van der Waals surface area contributed by atoms with Crippen molar-refractivity contribution >= 4 is 35.1 Å². The molecule has 0 bridgehead atoms. The number of nitrogens with one attached hydrogen (secondary N) is 2. The van der Waals surface area contributed by atoms with E-state index in [1.54, 1.807) is 19.1 Å². The third kappa shape index (κ3) is 13.8. The molecule has 0 unspecified atom stereocenters. The SMILES string of the molecule is CCCc1cc(OCc2ccccc2)cc(C(=O)Nc2cc(NC(=O)c3cc(OCc4ccccc4)cc(CC(=O)OCC)c3OCc3ccccc3)cc(C(=O)OC)c2)c1OCc1ccccc1. The molecule has 0 saturated heterocycles. The average molecular weight is 927 g/mol. The third-order valence-electron chi connectivity index (χ3n) is 10.7. The summed E-state index contributed by atoms with van der Waals surface area (Å²) in [5.74, 6) is -1.15. The first-order valence-electron chi connectivity index (χ1n) is 22.7. The van der Waals surface area contributed by atoms with Crippen LogP contribution in [0.25, 0.3) is 0 Å². The summed E-state index contributed by atoms with van der Waals surface area (Å²) in [6.45, 7) is 4.63. The first kappa shape index (κ1) is 48.6. The van der Waals surface area contributed by atoms with Gasteiger partial charge >= 0.3 is 11.9 Å². The van der Waals surface area contributed by atoms with Gasteiger partial charge in [-0.15, -0.1) is 0 Å². The van der Waals surface area contributed by atoms with Crippen molar-refractivity contribution in [3.05, 3.63) is 214 Å². The largest absolute Gasteiger partial charge is 0.489 e. The zero-order valence-corrected chi connectivity index (χ0v) is 38.8. The minimum Gasteiger partial charge on any atom is -0.489 e. The lowest BCUT2D eigenvalue weighted by Crippen LogP contribution is -2.18. The standard InChI is InChI=1S/C57H54N2O10/c1-4-18-43-29-48(66-35-39-19-10-6-11-20-39)33-50(53(43)68-37-41-23-14-8-15-24-41)55(61)58-46-27-45(57(63)64-3)28-47(32-46)59-56(62)51-34-49(67-36-40-21-12-7-13-22-40)30-44(31-52(60)65-5-2)54(51)69-38-42-25-16-9-17-26-42/h6-17,19-30,32-34H,4-5,18,31,35-38H2,1-3H3,(H,58,61)(H,59,62). The molecule has 0 spiro atoms. The van der Waals surface area contributed by atoms with Gasteiger partial charge in [-0.2, -0.15) is 0 Å². The van der Waals surface area contributed by atoms with Crippen molar-refractivity contribution in [2.75, 3.05) is 24.4 Å². The lowest BCUT2D eigenvalue weighted by atomic mass is 10.0. The molecule has 0 fully saturated rings. The topological polar surface area (TPSA) is 148 Å². The highest BCUT2D eigenvalue weighted by molar-refractivity contribution is 6.10.